The number of hydrogen-bond acceptors (Lipinski definition) is 6. The van der Waals surface area contributed by atoms with Crippen molar-refractivity contribution in [3.05, 3.63) is 54.6 Å². The fourth-order valence-electron chi connectivity index (χ4n) is 6.38. The van der Waals surface area contributed by atoms with E-state index in [0.717, 1.165) is 0 Å². The number of amides is 2. The maximum absolute atomic E-state index is 14.6. The number of carbonyl (C=O) groups excluding carboxylic acids is 3. The van der Waals surface area contributed by atoms with Crippen LogP contribution in [0.5, 0.6) is 0 Å². The number of halogens is 2. The van der Waals surface area contributed by atoms with Crippen LogP contribution in [0.4, 0.5) is 5.69 Å². The fraction of sp³-hybridized carbons (Fsp3) is 0.552. The average Bonchev–Trinajstić information content (AvgIpc) is 3.51. The molecule has 2 bridgehead atoms. The molecule has 10 heteroatoms. The van der Waals surface area contributed by atoms with Crippen molar-refractivity contribution in [1.29, 1.82) is 0 Å². The molecule has 3 aliphatic heterocycles. The number of alkyl halides is 1. The molecule has 8 atom stereocenters. The van der Waals surface area contributed by atoms with Crippen LogP contribution in [0, 0.1) is 17.8 Å². The third kappa shape index (κ3) is 4.96. The minimum absolute atomic E-state index is 0.118. The zero-order valence-corrected chi connectivity index (χ0v) is 24.6. The lowest BCUT2D eigenvalue weighted by molar-refractivity contribution is -0.156. The summed E-state index contributed by atoms with van der Waals surface area (Å²) in [7, 11) is 0. The van der Waals surface area contributed by atoms with Gasteiger partial charge in [0.1, 0.15) is 11.6 Å². The first-order valence-electron chi connectivity index (χ1n) is 13.4. The SMILES string of the molecule is C=CCCOC(=O)[C@H]1[C@H]2C(=O)N([C@@H](CO)[C@@H](C)CC)C(C(=O)N(CC=C)c3ccccc3Cl)C23CC(Br)[C@@H]1O3. The molecule has 3 heterocycles. The van der Waals surface area contributed by atoms with Crippen LogP contribution in [0.15, 0.2) is 49.6 Å². The van der Waals surface area contributed by atoms with Gasteiger partial charge in [-0.15, -0.1) is 13.2 Å². The highest BCUT2D eigenvalue weighted by Crippen LogP contribution is 2.61. The van der Waals surface area contributed by atoms with Gasteiger partial charge >= 0.3 is 5.97 Å². The normalized spacial score (nSPS) is 30.5. The minimum atomic E-state index is -1.28. The van der Waals surface area contributed by atoms with E-state index in [2.05, 4.69) is 29.1 Å². The number of nitrogens with zero attached hydrogens (tertiary/aromatic N) is 2. The van der Waals surface area contributed by atoms with Crippen LogP contribution in [0.1, 0.15) is 33.1 Å². The first kappa shape index (κ1) is 29.8. The van der Waals surface area contributed by atoms with Crippen LogP contribution in [0.2, 0.25) is 5.02 Å². The van der Waals surface area contributed by atoms with Crippen molar-refractivity contribution >= 4 is 51.0 Å². The summed E-state index contributed by atoms with van der Waals surface area (Å²) in [6.45, 7) is 11.3. The highest BCUT2D eigenvalue weighted by Gasteiger charge is 2.77. The van der Waals surface area contributed by atoms with Crippen molar-refractivity contribution in [1.82, 2.24) is 4.90 Å². The fourth-order valence-corrected chi connectivity index (χ4v) is 7.56. The van der Waals surface area contributed by atoms with E-state index in [9.17, 15) is 19.5 Å². The van der Waals surface area contributed by atoms with E-state index in [1.165, 1.54) is 9.80 Å². The van der Waals surface area contributed by atoms with E-state index in [4.69, 9.17) is 21.1 Å². The summed E-state index contributed by atoms with van der Waals surface area (Å²) in [6.07, 6.45) is 4.12. The predicted molar refractivity (Wildman–Crippen MR) is 153 cm³/mol. The van der Waals surface area contributed by atoms with Gasteiger partial charge in [0.2, 0.25) is 5.91 Å². The smallest absolute Gasteiger partial charge is 0.312 e. The molecule has 8 nitrogen and oxygen atoms in total. The Morgan fingerprint density at radius 3 is 2.69 bits per heavy atom. The third-order valence-corrected chi connectivity index (χ3v) is 9.53. The summed E-state index contributed by atoms with van der Waals surface area (Å²) in [5.41, 5.74) is -0.805. The number of aliphatic hydroxyl groups is 1. The highest BCUT2D eigenvalue weighted by molar-refractivity contribution is 9.09. The second-order valence-electron chi connectivity index (χ2n) is 10.5. The van der Waals surface area contributed by atoms with Crippen LogP contribution < -0.4 is 4.90 Å². The van der Waals surface area contributed by atoms with E-state index in [1.807, 2.05) is 13.8 Å². The van der Waals surface area contributed by atoms with Crippen molar-refractivity contribution in [3.8, 4) is 0 Å². The molecular weight excluding hydrogens is 588 g/mol. The Balaban J connectivity index is 1.84. The van der Waals surface area contributed by atoms with E-state index >= 15 is 0 Å². The molecule has 3 aliphatic rings. The number of carbonyl (C=O) groups is 3. The van der Waals surface area contributed by atoms with Gasteiger partial charge in [0.15, 0.2) is 0 Å². The predicted octanol–water partition coefficient (Wildman–Crippen LogP) is 4.13. The standard InChI is InChI=1S/C29H36BrClN2O6/c1-5-8-14-38-28(37)22-23-26(35)33(21(16-34)17(4)7-3)25(29(23)15-18(30)24(22)39-29)27(36)32(13-6-2)20-12-10-9-11-19(20)31/h5-6,9-12,17-18,21-25,34H,1-2,7-8,13-16H2,3-4H3/t17-,18?,21-,22-,23-,24-,25?,29?/m0/s1. The van der Waals surface area contributed by atoms with E-state index in [-0.39, 0.29) is 36.4 Å². The van der Waals surface area contributed by atoms with Gasteiger partial charge in [-0.1, -0.05) is 72.1 Å². The lowest BCUT2D eigenvalue weighted by Crippen LogP contribution is -2.60. The Kier molecular flexibility index (Phi) is 9.26. The summed E-state index contributed by atoms with van der Waals surface area (Å²) in [6, 6.07) is 5.23. The van der Waals surface area contributed by atoms with Crippen molar-refractivity contribution in [2.45, 2.75) is 61.7 Å². The maximum atomic E-state index is 14.6. The summed E-state index contributed by atoms with van der Waals surface area (Å²) in [5, 5.41) is 10.9. The van der Waals surface area contributed by atoms with Gasteiger partial charge in [-0.25, -0.2) is 0 Å². The zero-order valence-electron chi connectivity index (χ0n) is 22.3. The van der Waals surface area contributed by atoms with Crippen molar-refractivity contribution < 1.29 is 29.0 Å². The van der Waals surface area contributed by atoms with Gasteiger partial charge in [-0.3, -0.25) is 14.4 Å². The van der Waals surface area contributed by atoms with E-state index < -0.39 is 47.5 Å². The molecule has 0 saturated carbocycles. The number of rotatable bonds is 12. The molecule has 1 aromatic rings. The molecule has 3 fully saturated rings. The first-order valence-corrected chi connectivity index (χ1v) is 14.7. The molecule has 0 aromatic heterocycles. The van der Waals surface area contributed by atoms with Gasteiger partial charge in [-0.05, 0) is 30.9 Å². The average molecular weight is 624 g/mol. The molecule has 0 aliphatic carbocycles. The lowest BCUT2D eigenvalue weighted by atomic mass is 9.70. The van der Waals surface area contributed by atoms with E-state index in [1.54, 1.807) is 36.4 Å². The van der Waals surface area contributed by atoms with Gasteiger partial charge in [0.05, 0.1) is 47.9 Å². The summed E-state index contributed by atoms with van der Waals surface area (Å²) < 4.78 is 12.1. The Morgan fingerprint density at radius 2 is 2.08 bits per heavy atom. The Hall–Kier alpha value is -2.20. The van der Waals surface area contributed by atoms with Crippen LogP contribution in [0.3, 0.4) is 0 Å². The number of likely N-dealkylation sites (tertiary alicyclic amines) is 1. The number of ether oxygens (including phenoxy) is 2. The second kappa shape index (κ2) is 12.1. The Labute approximate surface area is 243 Å². The minimum Gasteiger partial charge on any atom is -0.465 e. The second-order valence-corrected chi connectivity index (χ2v) is 12.1. The molecule has 212 valence electrons. The van der Waals surface area contributed by atoms with Crippen LogP contribution in [-0.4, -0.2) is 76.2 Å². The number of aliphatic hydroxyl groups excluding tert-OH is 1. The number of fused-ring (bicyclic) bond motifs is 1. The van der Waals surface area contributed by atoms with Crippen LogP contribution >= 0.6 is 27.5 Å². The molecule has 39 heavy (non-hydrogen) atoms. The monoisotopic (exact) mass is 622 g/mol. The van der Waals surface area contributed by atoms with Crippen molar-refractivity contribution in [2.75, 3.05) is 24.7 Å². The molecule has 3 unspecified atom stereocenters. The van der Waals surface area contributed by atoms with Crippen molar-refractivity contribution in [2.24, 2.45) is 17.8 Å². The number of anilines is 1. The first-order chi connectivity index (χ1) is 18.7. The quantitative estimate of drug-likeness (QED) is 0.163. The third-order valence-electron chi connectivity index (χ3n) is 8.37. The van der Waals surface area contributed by atoms with Gasteiger partial charge in [0.25, 0.3) is 5.91 Å². The Bertz CT molecular complexity index is 1130. The molecule has 4 rings (SSSR count). The molecular formula is C29H36BrClN2O6. The molecule has 0 radical (unpaired) electrons. The lowest BCUT2D eigenvalue weighted by Gasteiger charge is -2.41. The number of para-hydroxylation sites is 1. The largest absolute Gasteiger partial charge is 0.465 e. The zero-order chi connectivity index (χ0) is 28.5. The van der Waals surface area contributed by atoms with Crippen molar-refractivity contribution in [3.63, 3.8) is 0 Å². The topological polar surface area (TPSA) is 96.4 Å². The summed E-state index contributed by atoms with van der Waals surface area (Å²) in [4.78, 5) is 45.0. The van der Waals surface area contributed by atoms with E-state index in [0.29, 0.717) is 30.0 Å². The summed E-state index contributed by atoms with van der Waals surface area (Å²) >= 11 is 10.2. The molecule has 1 aromatic carbocycles. The number of hydrogen-bond donors (Lipinski definition) is 1. The van der Waals surface area contributed by atoms with Crippen LogP contribution in [-0.2, 0) is 23.9 Å². The molecule has 3 saturated heterocycles. The van der Waals surface area contributed by atoms with Gasteiger partial charge < -0.3 is 24.4 Å². The number of esters is 1. The Morgan fingerprint density at radius 1 is 1.36 bits per heavy atom. The molecule has 1 N–H and O–H groups in total. The molecule has 2 amide bonds. The molecule has 1 spiro atoms. The van der Waals surface area contributed by atoms with Crippen LogP contribution in [0.25, 0.3) is 0 Å². The van der Waals surface area contributed by atoms with Gasteiger partial charge in [0, 0.05) is 11.4 Å². The summed E-state index contributed by atoms with van der Waals surface area (Å²) in [5.74, 6) is -3.23. The highest BCUT2D eigenvalue weighted by atomic mass is 79.9. The maximum Gasteiger partial charge on any atom is 0.312 e. The van der Waals surface area contributed by atoms with Gasteiger partial charge in [-0.2, -0.15) is 0 Å². The number of benzene rings is 1.